The molecule has 0 atom stereocenters. The van der Waals surface area contributed by atoms with Gasteiger partial charge < -0.3 is 9.47 Å². The fraction of sp³-hybridized carbons (Fsp3) is 0.421. The van der Waals surface area contributed by atoms with Crippen LogP contribution < -0.4 is 0 Å². The largest absolute Gasteiger partial charge is 0.347 e. The Morgan fingerprint density at radius 2 is 1.92 bits per heavy atom. The van der Waals surface area contributed by atoms with Crippen LogP contribution in [0.3, 0.4) is 0 Å². The minimum Gasteiger partial charge on any atom is -0.347 e. The Morgan fingerprint density at radius 1 is 1.17 bits per heavy atom. The maximum Gasteiger partial charge on any atom is 0.207 e. The molecule has 1 fully saturated rings. The van der Waals surface area contributed by atoms with Gasteiger partial charge in [0.15, 0.2) is 5.79 Å². The highest BCUT2D eigenvalue weighted by atomic mass is 32.2. The second-order valence-electron chi connectivity index (χ2n) is 6.06. The smallest absolute Gasteiger partial charge is 0.207 e. The molecule has 2 aliphatic rings. The van der Waals surface area contributed by atoms with Crippen LogP contribution in [0.25, 0.3) is 0 Å². The maximum atomic E-state index is 12.1. The molecule has 0 N–H and O–H groups in total. The van der Waals surface area contributed by atoms with Crippen LogP contribution in [0.5, 0.6) is 0 Å². The summed E-state index contributed by atoms with van der Waals surface area (Å²) in [6.45, 7) is 1.37. The van der Waals surface area contributed by atoms with Crippen LogP contribution in [0, 0.1) is 0 Å². The fourth-order valence-electron chi connectivity index (χ4n) is 3.00. The van der Waals surface area contributed by atoms with Gasteiger partial charge in [-0.15, -0.1) is 5.73 Å². The summed E-state index contributed by atoms with van der Waals surface area (Å²) in [5, 5.41) is 1.15. The van der Waals surface area contributed by atoms with Gasteiger partial charge in [-0.25, -0.2) is 8.42 Å². The summed E-state index contributed by atoms with van der Waals surface area (Å²) in [5.41, 5.74) is 4.18. The molecule has 0 bridgehead atoms. The first-order valence-corrected chi connectivity index (χ1v) is 9.81. The highest BCUT2D eigenvalue weighted by Crippen LogP contribution is 2.36. The van der Waals surface area contributed by atoms with Crippen LogP contribution in [0.1, 0.15) is 32.1 Å². The van der Waals surface area contributed by atoms with Crippen molar-refractivity contribution in [1.82, 2.24) is 0 Å². The molecule has 5 heteroatoms. The predicted octanol–water partition coefficient (Wildman–Crippen LogP) is 3.76. The normalized spacial score (nSPS) is 19.6. The summed E-state index contributed by atoms with van der Waals surface area (Å²) >= 11 is 0. The maximum absolute atomic E-state index is 12.1. The van der Waals surface area contributed by atoms with E-state index in [0.717, 1.165) is 37.5 Å². The highest BCUT2D eigenvalue weighted by molar-refractivity contribution is 7.94. The monoisotopic (exact) mass is 346 g/mol. The Balaban J connectivity index is 1.51. The lowest BCUT2D eigenvalue weighted by molar-refractivity contribution is -0.161. The molecule has 128 valence electrons. The standard InChI is InChI=1S/C19H22O4S/c20-24(21,18-8-4-1-5-9-18)16-6-2-3-7-17-10-12-19(13-11-17)22-14-15-23-19/h1-2,4-5,8-10,16H,3,7,11-15H2. The highest BCUT2D eigenvalue weighted by Gasteiger charge is 2.37. The summed E-state index contributed by atoms with van der Waals surface area (Å²) in [5.74, 6) is -0.372. The van der Waals surface area contributed by atoms with Crippen molar-refractivity contribution < 1.29 is 17.9 Å². The van der Waals surface area contributed by atoms with E-state index in [-0.39, 0.29) is 5.79 Å². The van der Waals surface area contributed by atoms with Crippen molar-refractivity contribution in [3.63, 3.8) is 0 Å². The molecule has 1 heterocycles. The first kappa shape index (κ1) is 17.2. The summed E-state index contributed by atoms with van der Waals surface area (Å²) in [6, 6.07) is 8.39. The fourth-order valence-corrected chi connectivity index (χ4v) is 3.95. The molecule has 4 nitrogen and oxygen atoms in total. The van der Waals surface area contributed by atoms with E-state index >= 15 is 0 Å². The first-order chi connectivity index (χ1) is 11.6. The van der Waals surface area contributed by atoms with E-state index in [9.17, 15) is 8.42 Å². The average molecular weight is 346 g/mol. The Hall–Kier alpha value is -1.65. The van der Waals surface area contributed by atoms with Gasteiger partial charge in [0.25, 0.3) is 0 Å². The molecule has 0 aromatic heterocycles. The van der Waals surface area contributed by atoms with E-state index in [0.29, 0.717) is 18.1 Å². The molecule has 1 aromatic carbocycles. The molecular weight excluding hydrogens is 324 g/mol. The second-order valence-corrected chi connectivity index (χ2v) is 7.86. The molecule has 1 spiro atoms. The van der Waals surface area contributed by atoms with Crippen molar-refractivity contribution >= 4 is 9.84 Å². The van der Waals surface area contributed by atoms with Gasteiger partial charge in [0, 0.05) is 12.8 Å². The summed E-state index contributed by atoms with van der Waals surface area (Å²) in [4.78, 5) is 0.294. The van der Waals surface area contributed by atoms with Crippen molar-refractivity contribution in [3.8, 4) is 0 Å². The predicted molar refractivity (Wildman–Crippen MR) is 92.1 cm³/mol. The molecule has 1 aromatic rings. The molecule has 1 aliphatic carbocycles. The topological polar surface area (TPSA) is 52.6 Å². The number of hydrogen-bond acceptors (Lipinski definition) is 4. The van der Waals surface area contributed by atoms with Crippen molar-refractivity contribution in [2.45, 2.75) is 42.8 Å². The van der Waals surface area contributed by atoms with Crippen molar-refractivity contribution in [2.24, 2.45) is 0 Å². The molecule has 24 heavy (non-hydrogen) atoms. The summed E-state index contributed by atoms with van der Waals surface area (Å²) in [7, 11) is -3.40. The van der Waals surface area contributed by atoms with E-state index < -0.39 is 9.84 Å². The van der Waals surface area contributed by atoms with Crippen LogP contribution in [0.15, 0.2) is 64.1 Å². The molecule has 3 rings (SSSR count). The van der Waals surface area contributed by atoms with Crippen LogP contribution in [0.4, 0.5) is 0 Å². The molecule has 0 radical (unpaired) electrons. The average Bonchev–Trinajstić information content (AvgIpc) is 3.05. The molecular formula is C19H22O4S. The van der Waals surface area contributed by atoms with Gasteiger partial charge in [0.2, 0.25) is 9.84 Å². The SMILES string of the molecule is O=S(=O)(C=C=CCCC1=CCC2(CC1)OCCO2)c1ccccc1. The lowest BCUT2D eigenvalue weighted by atomic mass is 9.91. The van der Waals surface area contributed by atoms with Crippen LogP contribution >= 0.6 is 0 Å². The third kappa shape index (κ3) is 4.25. The quantitative estimate of drug-likeness (QED) is 0.602. The Morgan fingerprint density at radius 3 is 2.58 bits per heavy atom. The van der Waals surface area contributed by atoms with Gasteiger partial charge in [0.05, 0.1) is 23.5 Å². The number of ether oxygens (including phenoxy) is 2. The molecule has 0 amide bonds. The lowest BCUT2D eigenvalue weighted by Crippen LogP contribution is -2.31. The zero-order valence-electron chi connectivity index (χ0n) is 13.6. The Bertz CT molecular complexity index is 750. The van der Waals surface area contributed by atoms with Crippen LogP contribution in [0.2, 0.25) is 0 Å². The van der Waals surface area contributed by atoms with Gasteiger partial charge in [-0.2, -0.15) is 0 Å². The van der Waals surface area contributed by atoms with E-state index in [4.69, 9.17) is 9.47 Å². The molecule has 1 saturated heterocycles. The van der Waals surface area contributed by atoms with Crippen molar-refractivity contribution in [1.29, 1.82) is 0 Å². The third-order valence-corrected chi connectivity index (χ3v) is 5.74. The number of hydrogen-bond donors (Lipinski definition) is 0. The minimum absolute atomic E-state index is 0.294. The number of rotatable bonds is 5. The third-order valence-electron chi connectivity index (χ3n) is 4.36. The molecule has 0 saturated carbocycles. The van der Waals surface area contributed by atoms with Gasteiger partial charge in [-0.1, -0.05) is 29.8 Å². The lowest BCUT2D eigenvalue weighted by Gasteiger charge is -2.30. The van der Waals surface area contributed by atoms with Gasteiger partial charge in [-0.05, 0) is 37.5 Å². The Kier molecular flexibility index (Phi) is 5.36. The van der Waals surface area contributed by atoms with E-state index in [2.05, 4.69) is 11.8 Å². The zero-order valence-corrected chi connectivity index (χ0v) is 14.4. The molecule has 0 unspecified atom stereocenters. The van der Waals surface area contributed by atoms with Gasteiger partial charge in [0.1, 0.15) is 0 Å². The minimum atomic E-state index is -3.40. The van der Waals surface area contributed by atoms with Gasteiger partial charge >= 0.3 is 0 Å². The van der Waals surface area contributed by atoms with Crippen LogP contribution in [-0.2, 0) is 19.3 Å². The van der Waals surface area contributed by atoms with E-state index in [1.807, 2.05) is 0 Å². The van der Waals surface area contributed by atoms with Gasteiger partial charge in [-0.3, -0.25) is 0 Å². The number of sulfone groups is 1. The van der Waals surface area contributed by atoms with E-state index in [1.165, 1.54) is 5.57 Å². The van der Waals surface area contributed by atoms with Crippen molar-refractivity contribution in [2.75, 3.05) is 13.2 Å². The second kappa shape index (κ2) is 7.49. The van der Waals surface area contributed by atoms with E-state index in [1.54, 1.807) is 36.4 Å². The zero-order chi connectivity index (χ0) is 16.9. The first-order valence-electron chi connectivity index (χ1n) is 8.27. The van der Waals surface area contributed by atoms with Crippen molar-refractivity contribution in [3.05, 3.63) is 59.2 Å². The summed E-state index contributed by atoms with van der Waals surface area (Å²) in [6.07, 6.45) is 8.37. The number of allylic oxidation sites excluding steroid dienone is 2. The number of benzene rings is 1. The Labute approximate surface area is 143 Å². The molecule has 1 aliphatic heterocycles. The van der Waals surface area contributed by atoms with Crippen LogP contribution in [-0.4, -0.2) is 27.4 Å². The summed E-state index contributed by atoms with van der Waals surface area (Å²) < 4.78 is 35.5.